The summed E-state index contributed by atoms with van der Waals surface area (Å²) in [5.74, 6) is 1.37. The van der Waals surface area contributed by atoms with E-state index in [0.29, 0.717) is 16.4 Å². The summed E-state index contributed by atoms with van der Waals surface area (Å²) in [6, 6.07) is 11.7. The van der Waals surface area contributed by atoms with E-state index < -0.39 is 0 Å². The molecule has 0 spiro atoms. The molecule has 0 fully saturated rings. The number of ether oxygens (including phenoxy) is 1. The number of methoxy groups -OCH3 is 1. The minimum absolute atomic E-state index is 0.119. The molecule has 31 heavy (non-hydrogen) atoms. The maximum atomic E-state index is 12.9. The van der Waals surface area contributed by atoms with Crippen molar-refractivity contribution in [2.75, 3.05) is 7.11 Å². The Kier molecular flexibility index (Phi) is 5.34. The summed E-state index contributed by atoms with van der Waals surface area (Å²) < 4.78 is 7.21. The molecule has 0 aliphatic carbocycles. The van der Waals surface area contributed by atoms with E-state index in [1.54, 1.807) is 24.8 Å². The second kappa shape index (κ2) is 8.29. The Morgan fingerprint density at radius 3 is 2.94 bits per heavy atom. The zero-order valence-electron chi connectivity index (χ0n) is 16.6. The average Bonchev–Trinajstić information content (AvgIpc) is 3.54. The zero-order valence-corrected chi connectivity index (χ0v) is 19.1. The number of thioether (sulfide) groups is 1. The summed E-state index contributed by atoms with van der Waals surface area (Å²) in [6.45, 7) is 1.99. The molecule has 5 rings (SSSR count). The lowest BCUT2D eigenvalue weighted by Gasteiger charge is -2.12. The van der Waals surface area contributed by atoms with Crippen LogP contribution in [0, 0.1) is 0 Å². The van der Waals surface area contributed by atoms with Gasteiger partial charge in [-0.05, 0) is 30.5 Å². The van der Waals surface area contributed by atoms with Crippen LogP contribution in [0.3, 0.4) is 0 Å². The first kappa shape index (κ1) is 20.0. The molecule has 0 amide bonds. The van der Waals surface area contributed by atoms with Gasteiger partial charge in [-0.1, -0.05) is 23.9 Å². The maximum Gasteiger partial charge on any atom is 0.260 e. The Bertz CT molecular complexity index is 1400. The molecule has 0 radical (unpaired) electrons. The fourth-order valence-corrected chi connectivity index (χ4v) is 5.90. The normalized spacial score (nSPS) is 12.3. The molecular weight excluding hydrogens is 450 g/mol. The van der Waals surface area contributed by atoms with E-state index in [2.05, 4.69) is 15.2 Å². The number of fused-ring (bicyclic) bond motifs is 1. The van der Waals surface area contributed by atoms with Gasteiger partial charge in [-0.25, -0.2) is 4.98 Å². The SMILES string of the molecule is COc1cccc(-n2cnnc2SC(C)c2nc3scc(-c4cccs4)c3c(=O)[nH]2)c1. The number of hydrogen-bond donors (Lipinski definition) is 1. The van der Waals surface area contributed by atoms with E-state index in [1.165, 1.54) is 23.1 Å². The number of hydrogen-bond acceptors (Lipinski definition) is 8. The van der Waals surface area contributed by atoms with Crippen LogP contribution >= 0.6 is 34.4 Å². The van der Waals surface area contributed by atoms with Crippen molar-refractivity contribution in [2.24, 2.45) is 0 Å². The number of nitrogens with zero attached hydrogens (tertiary/aromatic N) is 4. The number of thiophene rings is 2. The third-order valence-corrected chi connectivity index (χ3v) is 7.61. The van der Waals surface area contributed by atoms with Gasteiger partial charge in [-0.3, -0.25) is 9.36 Å². The minimum atomic E-state index is -0.127. The number of nitrogens with one attached hydrogen (secondary N) is 1. The van der Waals surface area contributed by atoms with Gasteiger partial charge >= 0.3 is 0 Å². The summed E-state index contributed by atoms with van der Waals surface area (Å²) in [4.78, 5) is 22.4. The van der Waals surface area contributed by atoms with E-state index in [0.717, 1.165) is 26.7 Å². The lowest BCUT2D eigenvalue weighted by molar-refractivity contribution is 0.414. The largest absolute Gasteiger partial charge is 0.497 e. The quantitative estimate of drug-likeness (QED) is 0.347. The van der Waals surface area contributed by atoms with Gasteiger partial charge in [0.05, 0.1) is 23.4 Å². The molecule has 7 nitrogen and oxygen atoms in total. The number of H-pyrrole nitrogens is 1. The monoisotopic (exact) mass is 467 g/mol. The van der Waals surface area contributed by atoms with Gasteiger partial charge in [0.2, 0.25) is 0 Å². The standard InChI is InChI=1S/C21H17N5O2S3/c1-12(31-21-25-22-11-26(21)13-5-3-6-14(9-13)28-2)18-23-19(27)17-15(10-30-20(17)24-18)16-7-4-8-29-16/h3-12H,1-2H3,(H,23,24,27). The molecule has 0 saturated carbocycles. The number of aromatic nitrogens is 5. The van der Waals surface area contributed by atoms with Crippen molar-refractivity contribution in [3.05, 3.63) is 69.7 Å². The fraction of sp³-hybridized carbons (Fsp3) is 0.143. The summed E-state index contributed by atoms with van der Waals surface area (Å²) in [5.41, 5.74) is 1.72. The fourth-order valence-electron chi connectivity index (χ4n) is 3.23. The molecule has 1 atom stereocenters. The molecule has 4 heterocycles. The molecule has 10 heteroatoms. The highest BCUT2D eigenvalue weighted by Crippen LogP contribution is 2.36. The van der Waals surface area contributed by atoms with E-state index in [-0.39, 0.29) is 10.8 Å². The summed E-state index contributed by atoms with van der Waals surface area (Å²) in [5, 5.41) is 13.5. The number of aromatic amines is 1. The first-order valence-electron chi connectivity index (χ1n) is 9.40. The Hall–Kier alpha value is -2.95. The van der Waals surface area contributed by atoms with Crippen LogP contribution in [0.2, 0.25) is 0 Å². The van der Waals surface area contributed by atoms with Crippen molar-refractivity contribution in [1.82, 2.24) is 24.7 Å². The van der Waals surface area contributed by atoms with Crippen LogP contribution in [0.5, 0.6) is 5.75 Å². The van der Waals surface area contributed by atoms with Gasteiger partial charge < -0.3 is 9.72 Å². The second-order valence-corrected chi connectivity index (χ2v) is 9.82. The van der Waals surface area contributed by atoms with Gasteiger partial charge in [0.25, 0.3) is 5.56 Å². The van der Waals surface area contributed by atoms with Crippen LogP contribution in [0.25, 0.3) is 26.3 Å². The number of rotatable bonds is 6. The van der Waals surface area contributed by atoms with E-state index in [1.807, 2.05) is 58.6 Å². The molecule has 0 bridgehead atoms. The van der Waals surface area contributed by atoms with E-state index in [4.69, 9.17) is 9.72 Å². The number of benzene rings is 1. The lowest BCUT2D eigenvalue weighted by atomic mass is 10.2. The van der Waals surface area contributed by atoms with Crippen LogP contribution in [0.15, 0.2) is 63.4 Å². The average molecular weight is 468 g/mol. The Morgan fingerprint density at radius 1 is 1.23 bits per heavy atom. The molecular formula is C21H17N5O2S3. The van der Waals surface area contributed by atoms with Crippen molar-refractivity contribution < 1.29 is 4.74 Å². The molecule has 4 aromatic heterocycles. The molecule has 1 unspecified atom stereocenters. The molecule has 5 aromatic rings. The van der Waals surface area contributed by atoms with Crippen LogP contribution in [0.4, 0.5) is 0 Å². The van der Waals surface area contributed by atoms with Crippen LogP contribution in [-0.2, 0) is 0 Å². The van der Waals surface area contributed by atoms with E-state index >= 15 is 0 Å². The minimum Gasteiger partial charge on any atom is -0.497 e. The first-order valence-corrected chi connectivity index (χ1v) is 12.0. The van der Waals surface area contributed by atoms with Crippen molar-refractivity contribution in [3.63, 3.8) is 0 Å². The van der Waals surface area contributed by atoms with Crippen molar-refractivity contribution in [2.45, 2.75) is 17.3 Å². The van der Waals surface area contributed by atoms with Gasteiger partial charge in [0, 0.05) is 21.9 Å². The van der Waals surface area contributed by atoms with Crippen molar-refractivity contribution >= 4 is 44.7 Å². The summed E-state index contributed by atoms with van der Waals surface area (Å²) in [6.07, 6.45) is 1.66. The van der Waals surface area contributed by atoms with Crippen LogP contribution in [0.1, 0.15) is 18.0 Å². The Balaban J connectivity index is 1.46. The molecule has 0 aliphatic heterocycles. The predicted molar refractivity (Wildman–Crippen MR) is 126 cm³/mol. The van der Waals surface area contributed by atoms with Gasteiger partial charge in [0.1, 0.15) is 22.7 Å². The Morgan fingerprint density at radius 2 is 2.13 bits per heavy atom. The molecule has 1 aromatic carbocycles. The molecule has 156 valence electrons. The van der Waals surface area contributed by atoms with Crippen LogP contribution in [-0.4, -0.2) is 31.8 Å². The van der Waals surface area contributed by atoms with Crippen molar-refractivity contribution in [3.8, 4) is 21.9 Å². The van der Waals surface area contributed by atoms with E-state index in [9.17, 15) is 4.79 Å². The van der Waals surface area contributed by atoms with Gasteiger partial charge in [0.15, 0.2) is 5.16 Å². The maximum absolute atomic E-state index is 12.9. The van der Waals surface area contributed by atoms with Crippen LogP contribution < -0.4 is 10.3 Å². The third-order valence-electron chi connectivity index (χ3n) is 4.76. The second-order valence-electron chi connectivity index (χ2n) is 6.70. The summed E-state index contributed by atoms with van der Waals surface area (Å²) >= 11 is 4.59. The Labute approximate surface area is 189 Å². The molecule has 0 saturated heterocycles. The predicted octanol–water partition coefficient (Wildman–Crippen LogP) is 5.16. The van der Waals surface area contributed by atoms with Gasteiger partial charge in [-0.15, -0.1) is 32.9 Å². The van der Waals surface area contributed by atoms with Gasteiger partial charge in [-0.2, -0.15) is 0 Å². The lowest BCUT2D eigenvalue weighted by Crippen LogP contribution is -2.12. The topological polar surface area (TPSA) is 85.7 Å². The first-order chi connectivity index (χ1) is 15.1. The third kappa shape index (κ3) is 3.78. The highest BCUT2D eigenvalue weighted by molar-refractivity contribution is 7.99. The molecule has 0 aliphatic rings. The van der Waals surface area contributed by atoms with Crippen molar-refractivity contribution in [1.29, 1.82) is 0 Å². The highest BCUT2D eigenvalue weighted by atomic mass is 32.2. The zero-order chi connectivity index (χ0) is 21.4. The summed E-state index contributed by atoms with van der Waals surface area (Å²) in [7, 11) is 1.63. The smallest absolute Gasteiger partial charge is 0.260 e. The highest BCUT2D eigenvalue weighted by Gasteiger charge is 2.19. The molecule has 1 N–H and O–H groups in total.